The summed E-state index contributed by atoms with van der Waals surface area (Å²) in [5, 5.41) is 11.9. The SMILES string of the molecule is C=C/C=C\C(C#N)=C/CC(=O)Nc1nc2cc(C(=O)N3CCCCC3)cnc2n1CCC=O.COC. The number of aryl methyl sites for hydroxylation is 1. The number of nitriles is 1. The summed E-state index contributed by atoms with van der Waals surface area (Å²) in [4.78, 5) is 46.9. The van der Waals surface area contributed by atoms with Gasteiger partial charge < -0.3 is 14.4 Å². The van der Waals surface area contributed by atoms with Crippen LogP contribution in [0.3, 0.4) is 0 Å². The molecule has 190 valence electrons. The van der Waals surface area contributed by atoms with Crippen molar-refractivity contribution in [3.8, 4) is 6.07 Å². The molecule has 2 aromatic heterocycles. The zero-order chi connectivity index (χ0) is 26.3. The highest BCUT2D eigenvalue weighted by Gasteiger charge is 2.21. The lowest BCUT2D eigenvalue weighted by Crippen LogP contribution is -2.35. The highest BCUT2D eigenvalue weighted by molar-refractivity contribution is 5.97. The number of allylic oxidation sites excluding steroid dienone is 4. The monoisotopic (exact) mass is 492 g/mol. The van der Waals surface area contributed by atoms with Gasteiger partial charge in [-0.2, -0.15) is 5.26 Å². The first-order valence-electron chi connectivity index (χ1n) is 11.7. The fraction of sp³-hybridized carbons (Fsp3) is 0.385. The van der Waals surface area contributed by atoms with E-state index in [9.17, 15) is 14.4 Å². The minimum atomic E-state index is -0.373. The number of anilines is 1. The number of hydrogen-bond acceptors (Lipinski definition) is 7. The summed E-state index contributed by atoms with van der Waals surface area (Å²) in [5.41, 5.74) is 1.71. The van der Waals surface area contributed by atoms with Crippen molar-refractivity contribution in [2.45, 2.75) is 38.6 Å². The number of piperidine rings is 1. The zero-order valence-electron chi connectivity index (χ0n) is 20.8. The van der Waals surface area contributed by atoms with Crippen LogP contribution in [0.4, 0.5) is 5.95 Å². The number of imidazole rings is 1. The number of rotatable bonds is 9. The van der Waals surface area contributed by atoms with E-state index in [4.69, 9.17) is 5.26 Å². The molecule has 36 heavy (non-hydrogen) atoms. The van der Waals surface area contributed by atoms with Gasteiger partial charge in [-0.25, -0.2) is 9.97 Å². The van der Waals surface area contributed by atoms with Gasteiger partial charge in [0.1, 0.15) is 11.8 Å². The zero-order valence-corrected chi connectivity index (χ0v) is 20.8. The van der Waals surface area contributed by atoms with Crippen molar-refractivity contribution < 1.29 is 19.1 Å². The summed E-state index contributed by atoms with van der Waals surface area (Å²) in [6.07, 6.45) is 11.8. The predicted molar refractivity (Wildman–Crippen MR) is 137 cm³/mol. The Morgan fingerprint density at radius 1 is 1.28 bits per heavy atom. The maximum Gasteiger partial charge on any atom is 0.255 e. The number of methoxy groups -OCH3 is 1. The van der Waals surface area contributed by atoms with E-state index < -0.39 is 0 Å². The van der Waals surface area contributed by atoms with Crippen LogP contribution in [0, 0.1) is 11.3 Å². The maximum atomic E-state index is 12.8. The Balaban J connectivity index is 0.00000145. The van der Waals surface area contributed by atoms with E-state index in [0.717, 1.165) is 38.6 Å². The van der Waals surface area contributed by atoms with Crippen LogP contribution in [0.1, 0.15) is 42.5 Å². The van der Waals surface area contributed by atoms with E-state index in [1.807, 2.05) is 11.0 Å². The number of pyridine rings is 1. The van der Waals surface area contributed by atoms with Crippen molar-refractivity contribution in [3.63, 3.8) is 0 Å². The number of likely N-dealkylation sites (tertiary alicyclic amines) is 1. The number of nitrogens with zero attached hydrogens (tertiary/aromatic N) is 5. The van der Waals surface area contributed by atoms with Crippen LogP contribution < -0.4 is 5.32 Å². The van der Waals surface area contributed by atoms with Crippen LogP contribution in [-0.4, -0.2) is 64.8 Å². The van der Waals surface area contributed by atoms with E-state index >= 15 is 0 Å². The molecule has 3 rings (SSSR count). The third-order valence-electron chi connectivity index (χ3n) is 5.25. The Morgan fingerprint density at radius 3 is 2.64 bits per heavy atom. The summed E-state index contributed by atoms with van der Waals surface area (Å²) in [6, 6.07) is 3.67. The van der Waals surface area contributed by atoms with Crippen LogP contribution in [0.25, 0.3) is 11.2 Å². The molecule has 0 bridgehead atoms. The van der Waals surface area contributed by atoms with Gasteiger partial charge in [-0.1, -0.05) is 24.8 Å². The van der Waals surface area contributed by atoms with Crippen molar-refractivity contribution >= 4 is 35.2 Å². The van der Waals surface area contributed by atoms with Gasteiger partial charge in [-0.05, 0) is 31.4 Å². The Labute approximate surface area is 211 Å². The van der Waals surface area contributed by atoms with E-state index in [1.54, 1.807) is 37.0 Å². The summed E-state index contributed by atoms with van der Waals surface area (Å²) in [7, 11) is 3.25. The normalized spacial score (nSPS) is 13.6. The fourth-order valence-corrected chi connectivity index (χ4v) is 3.60. The smallest absolute Gasteiger partial charge is 0.255 e. The third kappa shape index (κ3) is 7.99. The molecule has 0 spiro atoms. The van der Waals surface area contributed by atoms with Gasteiger partial charge in [0, 0.05) is 58.5 Å². The molecule has 1 N–H and O–H groups in total. The number of carbonyl (C=O) groups excluding carboxylic acids is 3. The number of nitrogens with one attached hydrogen (secondary N) is 1. The molecule has 2 aromatic rings. The molecule has 2 amide bonds. The lowest BCUT2D eigenvalue weighted by molar-refractivity contribution is -0.115. The van der Waals surface area contributed by atoms with E-state index in [0.29, 0.717) is 22.3 Å². The van der Waals surface area contributed by atoms with Crippen molar-refractivity contribution in [1.29, 1.82) is 5.26 Å². The molecule has 10 nitrogen and oxygen atoms in total. The quantitative estimate of drug-likeness (QED) is 0.322. The molecule has 0 aliphatic carbocycles. The molecule has 3 heterocycles. The van der Waals surface area contributed by atoms with E-state index in [2.05, 4.69) is 26.6 Å². The molecule has 0 radical (unpaired) electrons. The second kappa shape index (κ2) is 15.0. The summed E-state index contributed by atoms with van der Waals surface area (Å²) < 4.78 is 5.89. The van der Waals surface area contributed by atoms with Gasteiger partial charge in [0.15, 0.2) is 5.65 Å². The lowest BCUT2D eigenvalue weighted by Gasteiger charge is -2.26. The number of amides is 2. The van der Waals surface area contributed by atoms with Crippen molar-refractivity contribution in [2.24, 2.45) is 0 Å². The maximum absolute atomic E-state index is 12.8. The van der Waals surface area contributed by atoms with Crippen LogP contribution in [0.15, 0.2) is 48.7 Å². The van der Waals surface area contributed by atoms with Crippen LogP contribution in [0.5, 0.6) is 0 Å². The standard InChI is InChI=1S/C24H26N6O3.C2H6O/c1-2-3-8-18(16-25)9-10-21(32)28-24-27-20-15-19(23(33)29-11-5-4-6-12-29)17-26-22(20)30(24)13-7-14-31;1-3-2/h2-3,8-9,14-15,17H,1,4-7,10-13H2,(H,27,28,32);1-2H3/b8-3-,18-9+;. The summed E-state index contributed by atoms with van der Waals surface area (Å²) >= 11 is 0. The minimum absolute atomic E-state index is 0.0343. The molecule has 1 saturated heterocycles. The van der Waals surface area contributed by atoms with Gasteiger partial charge in [-0.15, -0.1) is 0 Å². The van der Waals surface area contributed by atoms with E-state index in [1.165, 1.54) is 18.3 Å². The average molecular weight is 493 g/mol. The second-order valence-corrected chi connectivity index (χ2v) is 7.99. The van der Waals surface area contributed by atoms with Gasteiger partial charge in [0.2, 0.25) is 11.9 Å². The topological polar surface area (TPSA) is 130 Å². The Bertz CT molecular complexity index is 1170. The highest BCUT2D eigenvalue weighted by atomic mass is 16.4. The van der Waals surface area contributed by atoms with Crippen LogP contribution >= 0.6 is 0 Å². The first-order valence-corrected chi connectivity index (χ1v) is 11.7. The highest BCUT2D eigenvalue weighted by Crippen LogP contribution is 2.21. The molecule has 0 atom stereocenters. The molecule has 0 unspecified atom stereocenters. The van der Waals surface area contributed by atoms with Gasteiger partial charge >= 0.3 is 0 Å². The molecule has 1 aliphatic heterocycles. The van der Waals surface area contributed by atoms with Crippen molar-refractivity contribution in [2.75, 3.05) is 32.6 Å². The molecule has 0 saturated carbocycles. The van der Waals surface area contributed by atoms with Crippen LogP contribution in [-0.2, 0) is 20.9 Å². The molecular weight excluding hydrogens is 460 g/mol. The van der Waals surface area contributed by atoms with Gasteiger partial charge in [0.05, 0.1) is 11.6 Å². The largest absolute Gasteiger partial charge is 0.388 e. The number of aldehydes is 1. The minimum Gasteiger partial charge on any atom is -0.388 e. The average Bonchev–Trinajstić information content (AvgIpc) is 3.23. The molecule has 1 aliphatic rings. The summed E-state index contributed by atoms with van der Waals surface area (Å²) in [6.45, 7) is 5.29. The summed E-state index contributed by atoms with van der Waals surface area (Å²) in [5.74, 6) is -0.221. The third-order valence-corrected chi connectivity index (χ3v) is 5.25. The number of ether oxygens (including phenoxy) is 1. The molecular formula is C26H32N6O4. The number of carbonyl (C=O) groups is 3. The van der Waals surface area contributed by atoms with Gasteiger partial charge in [0.25, 0.3) is 5.91 Å². The molecule has 0 aromatic carbocycles. The van der Waals surface area contributed by atoms with Crippen molar-refractivity contribution in [3.05, 3.63) is 54.3 Å². The lowest BCUT2D eigenvalue weighted by atomic mass is 10.1. The fourth-order valence-electron chi connectivity index (χ4n) is 3.60. The van der Waals surface area contributed by atoms with Gasteiger partial charge in [-0.3, -0.25) is 19.5 Å². The first kappa shape index (κ1) is 28.1. The van der Waals surface area contributed by atoms with Crippen molar-refractivity contribution in [1.82, 2.24) is 19.4 Å². The Kier molecular flexibility index (Phi) is 11.7. The number of aromatic nitrogens is 3. The number of hydrogen-bond donors (Lipinski definition) is 1. The Hall–Kier alpha value is -4.10. The number of fused-ring (bicyclic) bond motifs is 1. The van der Waals surface area contributed by atoms with E-state index in [-0.39, 0.29) is 37.1 Å². The van der Waals surface area contributed by atoms with Crippen LogP contribution in [0.2, 0.25) is 0 Å². The second-order valence-electron chi connectivity index (χ2n) is 7.99. The molecule has 10 heteroatoms. The Morgan fingerprint density at radius 2 is 2.00 bits per heavy atom. The predicted octanol–water partition coefficient (Wildman–Crippen LogP) is 3.43. The first-order chi connectivity index (χ1) is 17.5. The molecule has 1 fully saturated rings.